The summed E-state index contributed by atoms with van der Waals surface area (Å²) in [5.74, 6) is -3.00. The SMILES string of the molecule is CCOC(=O)/C(=C(\C)O)c1c(-c2cc(OC(C(F)(F)F)C(F)(F)F)ccn2)oc(=O)c2ccccc12. The smallest absolute Gasteiger partial charge is 0.434 e. The van der Waals surface area contributed by atoms with Gasteiger partial charge in [-0.1, -0.05) is 18.2 Å². The highest BCUT2D eigenvalue weighted by Crippen LogP contribution is 2.39. The molecule has 3 aromatic rings. The van der Waals surface area contributed by atoms with Gasteiger partial charge in [-0.15, -0.1) is 0 Å². The van der Waals surface area contributed by atoms with Gasteiger partial charge in [0.2, 0.25) is 0 Å². The van der Waals surface area contributed by atoms with E-state index in [1.165, 1.54) is 31.2 Å². The van der Waals surface area contributed by atoms with E-state index in [2.05, 4.69) is 9.72 Å². The van der Waals surface area contributed by atoms with Gasteiger partial charge in [0.05, 0.1) is 12.0 Å². The van der Waals surface area contributed by atoms with Crippen molar-refractivity contribution >= 4 is 22.3 Å². The highest BCUT2D eigenvalue weighted by atomic mass is 19.4. The van der Waals surface area contributed by atoms with E-state index in [0.717, 1.165) is 19.2 Å². The van der Waals surface area contributed by atoms with Gasteiger partial charge in [-0.25, -0.2) is 9.59 Å². The zero-order chi connectivity index (χ0) is 26.8. The zero-order valence-corrected chi connectivity index (χ0v) is 18.5. The summed E-state index contributed by atoms with van der Waals surface area (Å²) in [4.78, 5) is 29.2. The summed E-state index contributed by atoms with van der Waals surface area (Å²) < 4.78 is 92.3. The van der Waals surface area contributed by atoms with E-state index < -0.39 is 58.6 Å². The van der Waals surface area contributed by atoms with Crippen molar-refractivity contribution in [1.82, 2.24) is 4.98 Å². The first-order chi connectivity index (χ1) is 16.8. The van der Waals surface area contributed by atoms with Gasteiger partial charge in [0.1, 0.15) is 22.8 Å². The van der Waals surface area contributed by atoms with Crippen molar-refractivity contribution < 1.29 is 50.1 Å². The number of esters is 1. The summed E-state index contributed by atoms with van der Waals surface area (Å²) in [6.07, 6.45) is -14.9. The Morgan fingerprint density at radius 1 is 1.08 bits per heavy atom. The minimum Gasteiger partial charge on any atom is -0.512 e. The highest BCUT2D eigenvalue weighted by molar-refractivity contribution is 6.22. The summed E-state index contributed by atoms with van der Waals surface area (Å²) in [6, 6.07) is 7.16. The minimum atomic E-state index is -5.78. The number of rotatable bonds is 6. The van der Waals surface area contributed by atoms with Crippen LogP contribution in [0.3, 0.4) is 0 Å². The number of fused-ring (bicyclic) bond motifs is 1. The number of benzene rings is 1. The molecular formula is C23H17F6NO6. The van der Waals surface area contributed by atoms with Crippen LogP contribution in [-0.2, 0) is 9.53 Å². The van der Waals surface area contributed by atoms with Crippen molar-refractivity contribution in [3.8, 4) is 17.2 Å². The molecular weight excluding hydrogens is 500 g/mol. The molecule has 192 valence electrons. The molecule has 0 radical (unpaired) electrons. The van der Waals surface area contributed by atoms with E-state index in [4.69, 9.17) is 9.15 Å². The second kappa shape index (κ2) is 9.91. The number of allylic oxidation sites excluding steroid dienone is 1. The molecule has 2 heterocycles. The predicted octanol–water partition coefficient (Wildman–Crippen LogP) is 5.58. The Labute approximate surface area is 198 Å². The van der Waals surface area contributed by atoms with Gasteiger partial charge in [0.25, 0.3) is 6.10 Å². The van der Waals surface area contributed by atoms with E-state index >= 15 is 0 Å². The first-order valence-corrected chi connectivity index (χ1v) is 10.1. The van der Waals surface area contributed by atoms with E-state index in [-0.39, 0.29) is 22.9 Å². The van der Waals surface area contributed by atoms with Crippen LogP contribution in [0.4, 0.5) is 26.3 Å². The van der Waals surface area contributed by atoms with Crippen LogP contribution in [0, 0.1) is 0 Å². The monoisotopic (exact) mass is 517 g/mol. The van der Waals surface area contributed by atoms with Gasteiger partial charge >= 0.3 is 23.9 Å². The van der Waals surface area contributed by atoms with Gasteiger partial charge in [0.15, 0.2) is 5.76 Å². The number of aliphatic hydroxyl groups is 1. The highest BCUT2D eigenvalue weighted by Gasteiger charge is 2.59. The maximum atomic E-state index is 13.0. The number of halogens is 6. The normalized spacial score (nSPS) is 13.0. The second-order valence-electron chi connectivity index (χ2n) is 7.28. The molecule has 1 aromatic carbocycles. The van der Waals surface area contributed by atoms with Crippen molar-refractivity contribution in [3.05, 3.63) is 64.3 Å². The van der Waals surface area contributed by atoms with Crippen LogP contribution < -0.4 is 10.4 Å². The summed E-state index contributed by atoms with van der Waals surface area (Å²) in [6.45, 7) is 2.53. The number of alkyl halides is 6. The molecule has 0 fully saturated rings. The van der Waals surface area contributed by atoms with E-state index in [0.29, 0.717) is 6.07 Å². The van der Waals surface area contributed by atoms with Gasteiger partial charge < -0.3 is 19.0 Å². The van der Waals surface area contributed by atoms with Gasteiger partial charge in [-0.2, -0.15) is 26.3 Å². The Morgan fingerprint density at radius 3 is 2.25 bits per heavy atom. The summed E-state index contributed by atoms with van der Waals surface area (Å²) in [7, 11) is 0. The molecule has 0 spiro atoms. The number of hydrogen-bond donors (Lipinski definition) is 1. The van der Waals surface area contributed by atoms with Crippen LogP contribution in [0.1, 0.15) is 19.4 Å². The second-order valence-corrected chi connectivity index (χ2v) is 7.28. The van der Waals surface area contributed by atoms with Crippen molar-refractivity contribution in [2.75, 3.05) is 6.61 Å². The molecule has 0 aliphatic carbocycles. The lowest BCUT2D eigenvalue weighted by Crippen LogP contribution is -2.46. The van der Waals surface area contributed by atoms with Crippen LogP contribution >= 0.6 is 0 Å². The van der Waals surface area contributed by atoms with Crippen LogP contribution in [0.5, 0.6) is 5.75 Å². The number of nitrogens with zero attached hydrogens (tertiary/aromatic N) is 1. The number of aromatic nitrogens is 1. The van der Waals surface area contributed by atoms with E-state index in [1.807, 2.05) is 0 Å². The third kappa shape index (κ3) is 5.44. The van der Waals surface area contributed by atoms with Crippen molar-refractivity contribution in [2.24, 2.45) is 0 Å². The molecule has 13 heteroatoms. The van der Waals surface area contributed by atoms with Crippen molar-refractivity contribution in [1.29, 1.82) is 0 Å². The number of ether oxygens (including phenoxy) is 2. The number of carbonyl (C=O) groups is 1. The van der Waals surface area contributed by atoms with Crippen LogP contribution in [0.2, 0.25) is 0 Å². The fraction of sp³-hybridized carbons (Fsp3) is 0.261. The molecule has 0 bridgehead atoms. The number of carbonyl (C=O) groups excluding carboxylic acids is 1. The standard InChI is InChI=1S/C23H17F6NO6/c1-3-34-20(33)16(11(2)31)17-13-6-4-5-7-14(13)19(32)36-18(17)15-10-12(8-9-30-15)35-21(22(24,25)26)23(27,28)29/h4-10,21,31H,3H2,1-2H3/b16-11+. The van der Waals surface area contributed by atoms with E-state index in [9.17, 15) is 41.0 Å². The van der Waals surface area contributed by atoms with Gasteiger partial charge in [0, 0.05) is 23.2 Å². The van der Waals surface area contributed by atoms with Gasteiger partial charge in [-0.3, -0.25) is 4.98 Å². The molecule has 7 nitrogen and oxygen atoms in total. The van der Waals surface area contributed by atoms with Gasteiger partial charge in [-0.05, 0) is 26.0 Å². The lowest BCUT2D eigenvalue weighted by atomic mass is 9.96. The largest absolute Gasteiger partial charge is 0.512 e. The molecule has 0 unspecified atom stereocenters. The fourth-order valence-corrected chi connectivity index (χ4v) is 3.33. The minimum absolute atomic E-state index is 0.0269. The quantitative estimate of drug-likeness (QED) is 0.197. The van der Waals surface area contributed by atoms with Crippen LogP contribution in [0.15, 0.2) is 57.6 Å². The molecule has 36 heavy (non-hydrogen) atoms. The number of hydrogen-bond acceptors (Lipinski definition) is 7. The molecule has 1 N–H and O–H groups in total. The fourth-order valence-electron chi connectivity index (χ4n) is 3.33. The average Bonchev–Trinajstić information content (AvgIpc) is 2.78. The molecule has 0 saturated carbocycles. The Kier molecular flexibility index (Phi) is 7.32. The third-order valence-electron chi connectivity index (χ3n) is 4.74. The van der Waals surface area contributed by atoms with Crippen LogP contribution in [0.25, 0.3) is 27.8 Å². The molecule has 2 aromatic heterocycles. The Morgan fingerprint density at radius 2 is 1.69 bits per heavy atom. The Hall–Kier alpha value is -4.03. The number of pyridine rings is 1. The summed E-state index contributed by atoms with van der Waals surface area (Å²) >= 11 is 0. The predicted molar refractivity (Wildman–Crippen MR) is 114 cm³/mol. The van der Waals surface area contributed by atoms with Crippen molar-refractivity contribution in [3.63, 3.8) is 0 Å². The maximum Gasteiger partial charge on any atom is 0.434 e. The maximum absolute atomic E-state index is 13.0. The zero-order valence-electron chi connectivity index (χ0n) is 18.5. The van der Waals surface area contributed by atoms with Crippen LogP contribution in [-0.4, -0.2) is 41.1 Å². The summed E-state index contributed by atoms with van der Waals surface area (Å²) in [5.41, 5.74) is -2.06. The Bertz CT molecular complexity index is 1360. The molecule has 0 aliphatic heterocycles. The average molecular weight is 517 g/mol. The molecule has 0 amide bonds. The third-order valence-corrected chi connectivity index (χ3v) is 4.74. The van der Waals surface area contributed by atoms with Crippen molar-refractivity contribution in [2.45, 2.75) is 32.3 Å². The molecule has 0 aliphatic rings. The van der Waals surface area contributed by atoms with E-state index in [1.54, 1.807) is 0 Å². The molecule has 0 saturated heterocycles. The first kappa shape index (κ1) is 26.6. The topological polar surface area (TPSA) is 98.9 Å². The Balaban J connectivity index is 2.29. The lowest BCUT2D eigenvalue weighted by molar-refractivity contribution is -0.299. The lowest BCUT2D eigenvalue weighted by Gasteiger charge is -2.24. The molecule has 3 rings (SSSR count). The summed E-state index contributed by atoms with van der Waals surface area (Å²) in [5, 5.41) is 10.3. The first-order valence-electron chi connectivity index (χ1n) is 10.1. The molecule has 0 atom stereocenters. The number of aliphatic hydroxyl groups excluding tert-OH is 1.